The van der Waals surface area contributed by atoms with Crippen molar-refractivity contribution in [1.82, 2.24) is 4.98 Å². The van der Waals surface area contributed by atoms with E-state index in [-0.39, 0.29) is 11.2 Å². The highest BCUT2D eigenvalue weighted by molar-refractivity contribution is 8.00. The molecule has 1 unspecified atom stereocenters. The number of nitrogens with zero attached hydrogens (tertiary/aromatic N) is 3. The fraction of sp³-hybridized carbons (Fsp3) is 0.571. The molecule has 0 amide bonds. The Labute approximate surface area is 184 Å². The van der Waals surface area contributed by atoms with E-state index in [0.29, 0.717) is 6.42 Å². The van der Waals surface area contributed by atoms with Gasteiger partial charge in [0.15, 0.2) is 10.9 Å². The van der Waals surface area contributed by atoms with Gasteiger partial charge in [-0.3, -0.25) is 9.79 Å². The van der Waals surface area contributed by atoms with E-state index in [1.165, 1.54) is 4.88 Å². The Morgan fingerprint density at radius 1 is 1.31 bits per heavy atom. The molecule has 2 aromatic heterocycles. The Morgan fingerprint density at radius 3 is 2.76 bits per heavy atom. The second-order valence-corrected chi connectivity index (χ2v) is 11.2. The van der Waals surface area contributed by atoms with Crippen LogP contribution in [-0.4, -0.2) is 50.0 Å². The SMILES string of the molecule is C=Nc1sc(SC)c2c1CC(C)(CCc1sc(N3CCOCC3)nc1C)CC2=O. The molecule has 0 saturated carbocycles. The number of aryl methyl sites for hydroxylation is 2. The molecule has 0 spiro atoms. The van der Waals surface area contributed by atoms with E-state index in [1.807, 2.05) is 6.26 Å². The van der Waals surface area contributed by atoms with E-state index in [0.717, 1.165) is 76.7 Å². The Hall–Kier alpha value is -1.22. The number of thiazole rings is 1. The van der Waals surface area contributed by atoms with Crippen molar-refractivity contribution in [3.05, 3.63) is 21.7 Å². The lowest BCUT2D eigenvalue weighted by atomic mass is 9.70. The van der Waals surface area contributed by atoms with Gasteiger partial charge in [-0.05, 0) is 44.6 Å². The number of hydrogen-bond donors (Lipinski definition) is 0. The first kappa shape index (κ1) is 21.0. The van der Waals surface area contributed by atoms with Gasteiger partial charge in [0, 0.05) is 35.5 Å². The van der Waals surface area contributed by atoms with Crippen LogP contribution in [-0.2, 0) is 17.6 Å². The quantitative estimate of drug-likeness (QED) is 0.450. The average molecular weight is 450 g/mol. The van der Waals surface area contributed by atoms with Crippen LogP contribution in [0.5, 0.6) is 0 Å². The van der Waals surface area contributed by atoms with Crippen LogP contribution in [0.1, 0.15) is 46.3 Å². The first-order valence-electron chi connectivity index (χ1n) is 9.92. The van der Waals surface area contributed by atoms with Crippen molar-refractivity contribution in [1.29, 1.82) is 0 Å². The molecule has 1 aliphatic heterocycles. The number of carbonyl (C=O) groups is 1. The Bertz CT molecular complexity index is 930. The minimum atomic E-state index is -0.0458. The predicted octanol–water partition coefficient (Wildman–Crippen LogP) is 5.17. The molecule has 3 heterocycles. The number of aliphatic imine (C=N–C) groups is 1. The van der Waals surface area contributed by atoms with Crippen LogP contribution in [0.2, 0.25) is 0 Å². The van der Waals surface area contributed by atoms with E-state index >= 15 is 0 Å². The lowest BCUT2D eigenvalue weighted by molar-refractivity contribution is 0.0889. The molecule has 8 heteroatoms. The summed E-state index contributed by atoms with van der Waals surface area (Å²) in [6.45, 7) is 11.4. The lowest BCUT2D eigenvalue weighted by Crippen LogP contribution is -2.36. The number of anilines is 1. The molecule has 0 radical (unpaired) electrons. The summed E-state index contributed by atoms with van der Waals surface area (Å²) in [6, 6.07) is 0. The zero-order valence-electron chi connectivity index (χ0n) is 17.2. The van der Waals surface area contributed by atoms with Gasteiger partial charge in [0.05, 0.1) is 23.1 Å². The Balaban J connectivity index is 1.50. The first-order valence-corrected chi connectivity index (χ1v) is 12.8. The second kappa shape index (κ2) is 8.49. The predicted molar refractivity (Wildman–Crippen MR) is 124 cm³/mol. The molecule has 1 fully saturated rings. The van der Waals surface area contributed by atoms with Crippen LogP contribution in [0, 0.1) is 12.3 Å². The van der Waals surface area contributed by atoms with Gasteiger partial charge in [-0.15, -0.1) is 34.4 Å². The minimum Gasteiger partial charge on any atom is -0.378 e. The van der Waals surface area contributed by atoms with Crippen molar-refractivity contribution < 1.29 is 9.53 Å². The summed E-state index contributed by atoms with van der Waals surface area (Å²) >= 11 is 5.05. The van der Waals surface area contributed by atoms with Gasteiger partial charge >= 0.3 is 0 Å². The highest BCUT2D eigenvalue weighted by atomic mass is 32.2. The Kier molecular flexibility index (Phi) is 6.16. The number of carbonyl (C=O) groups excluding carboxylic acids is 1. The number of Topliss-reactive ketones (excluding diaryl/α,β-unsaturated/α-hetero) is 1. The number of aromatic nitrogens is 1. The monoisotopic (exact) mass is 449 g/mol. The largest absolute Gasteiger partial charge is 0.378 e. The van der Waals surface area contributed by atoms with Crippen molar-refractivity contribution >= 4 is 57.1 Å². The van der Waals surface area contributed by atoms with Crippen molar-refractivity contribution in [3.63, 3.8) is 0 Å². The number of hydrogen-bond acceptors (Lipinski definition) is 8. The van der Waals surface area contributed by atoms with Gasteiger partial charge in [-0.25, -0.2) is 4.98 Å². The van der Waals surface area contributed by atoms with Crippen LogP contribution in [0.3, 0.4) is 0 Å². The van der Waals surface area contributed by atoms with E-state index < -0.39 is 0 Å². The molecule has 0 aromatic carbocycles. The van der Waals surface area contributed by atoms with Gasteiger partial charge in [-0.2, -0.15) is 0 Å². The first-order chi connectivity index (χ1) is 13.9. The summed E-state index contributed by atoms with van der Waals surface area (Å²) in [6.07, 6.45) is 5.47. The number of rotatable bonds is 6. The van der Waals surface area contributed by atoms with Gasteiger partial charge in [0.2, 0.25) is 0 Å². The van der Waals surface area contributed by atoms with E-state index in [2.05, 4.69) is 30.5 Å². The van der Waals surface area contributed by atoms with Gasteiger partial charge in [-0.1, -0.05) is 6.92 Å². The minimum absolute atomic E-state index is 0.0458. The second-order valence-electron chi connectivity index (χ2n) is 8.10. The highest BCUT2D eigenvalue weighted by Crippen LogP contribution is 2.49. The van der Waals surface area contributed by atoms with Crippen LogP contribution in [0.25, 0.3) is 0 Å². The van der Waals surface area contributed by atoms with E-state index in [9.17, 15) is 4.79 Å². The van der Waals surface area contributed by atoms with E-state index in [4.69, 9.17) is 9.72 Å². The maximum atomic E-state index is 13.0. The molecule has 4 rings (SSSR count). The van der Waals surface area contributed by atoms with Crippen molar-refractivity contribution in [2.75, 3.05) is 37.5 Å². The third-order valence-corrected chi connectivity index (χ3v) is 9.43. The summed E-state index contributed by atoms with van der Waals surface area (Å²) < 4.78 is 6.54. The van der Waals surface area contributed by atoms with Gasteiger partial charge in [0.1, 0.15) is 5.00 Å². The van der Waals surface area contributed by atoms with Gasteiger partial charge in [0.25, 0.3) is 0 Å². The summed E-state index contributed by atoms with van der Waals surface area (Å²) in [7, 11) is 0. The zero-order chi connectivity index (χ0) is 20.6. The van der Waals surface area contributed by atoms with Crippen molar-refractivity contribution in [2.45, 2.75) is 43.7 Å². The fourth-order valence-electron chi connectivity index (χ4n) is 4.24. The van der Waals surface area contributed by atoms with Crippen molar-refractivity contribution in [2.24, 2.45) is 10.4 Å². The number of thioether (sulfide) groups is 1. The molecule has 29 heavy (non-hydrogen) atoms. The van der Waals surface area contributed by atoms with Crippen LogP contribution in [0.15, 0.2) is 9.20 Å². The van der Waals surface area contributed by atoms with Crippen LogP contribution in [0.4, 0.5) is 10.1 Å². The maximum absolute atomic E-state index is 13.0. The molecule has 2 aromatic rings. The summed E-state index contributed by atoms with van der Waals surface area (Å²) in [5.74, 6) is 0.263. The normalized spacial score (nSPS) is 22.0. The highest BCUT2D eigenvalue weighted by Gasteiger charge is 2.38. The molecule has 5 nitrogen and oxygen atoms in total. The van der Waals surface area contributed by atoms with Gasteiger partial charge < -0.3 is 9.64 Å². The number of morpholine rings is 1. The standard InChI is InChI=1S/C21H27N3O2S3/c1-13-16(28-20(23-13)24-7-9-26-10-8-24)5-6-21(2)11-14-17(15(25)12-21)19(27-4)29-18(14)22-3/h3,5-12H2,1-2,4H3. The molecular weight excluding hydrogens is 422 g/mol. The lowest BCUT2D eigenvalue weighted by Gasteiger charge is -2.33. The number of thiophene rings is 1. The summed E-state index contributed by atoms with van der Waals surface area (Å²) in [5, 5.41) is 2.03. The number of fused-ring (bicyclic) bond motifs is 1. The summed E-state index contributed by atoms with van der Waals surface area (Å²) in [5.41, 5.74) is 3.10. The third kappa shape index (κ3) is 4.17. The molecule has 1 atom stereocenters. The third-order valence-electron chi connectivity index (χ3n) is 5.87. The molecule has 0 bridgehead atoms. The van der Waals surface area contributed by atoms with Crippen LogP contribution >= 0.6 is 34.4 Å². The molecule has 1 saturated heterocycles. The summed E-state index contributed by atoms with van der Waals surface area (Å²) in [4.78, 5) is 25.7. The number of ether oxygens (including phenoxy) is 1. The smallest absolute Gasteiger partial charge is 0.185 e. The molecule has 0 N–H and O–H groups in total. The zero-order valence-corrected chi connectivity index (χ0v) is 19.7. The fourth-order valence-corrected chi connectivity index (χ4v) is 7.24. The number of ketones is 1. The van der Waals surface area contributed by atoms with E-state index in [1.54, 1.807) is 34.4 Å². The molecule has 156 valence electrons. The van der Waals surface area contributed by atoms with Crippen LogP contribution < -0.4 is 4.90 Å². The molecule has 1 aliphatic carbocycles. The molecule has 2 aliphatic rings. The average Bonchev–Trinajstić information content (AvgIpc) is 3.27. The van der Waals surface area contributed by atoms with Crippen molar-refractivity contribution in [3.8, 4) is 0 Å². The maximum Gasteiger partial charge on any atom is 0.185 e. The topological polar surface area (TPSA) is 54.8 Å². The Morgan fingerprint density at radius 2 is 2.07 bits per heavy atom. The molecular formula is C21H27N3O2S3.